The monoisotopic (exact) mass is 364 g/mol. The van der Waals surface area contributed by atoms with Crippen molar-refractivity contribution < 1.29 is 19.0 Å². The zero-order valence-electron chi connectivity index (χ0n) is 15.7. The molecule has 0 radical (unpaired) electrons. The van der Waals surface area contributed by atoms with E-state index < -0.39 is 0 Å². The maximum absolute atomic E-state index is 12.5. The normalized spacial score (nSPS) is 10.4. The average Bonchev–Trinajstić information content (AvgIpc) is 2.71. The fourth-order valence-corrected chi connectivity index (χ4v) is 2.65. The van der Waals surface area contributed by atoms with Gasteiger partial charge in [-0.3, -0.25) is 4.79 Å². The lowest BCUT2D eigenvalue weighted by molar-refractivity contribution is 0.104. The molecular formula is C23H24O4. The fourth-order valence-electron chi connectivity index (χ4n) is 2.65. The Morgan fingerprint density at radius 1 is 1.00 bits per heavy atom. The van der Waals surface area contributed by atoms with Gasteiger partial charge in [0.2, 0.25) is 0 Å². The van der Waals surface area contributed by atoms with Crippen LogP contribution in [0.5, 0.6) is 17.2 Å². The lowest BCUT2D eigenvalue weighted by Crippen LogP contribution is -1.99. The van der Waals surface area contributed by atoms with Crippen molar-refractivity contribution in [2.24, 2.45) is 0 Å². The van der Waals surface area contributed by atoms with E-state index in [0.29, 0.717) is 35.8 Å². The Labute approximate surface area is 160 Å². The molecule has 0 unspecified atom stereocenters. The number of benzene rings is 2. The number of carbonyl (C=O) groups excluding carboxylic acids is 1. The minimum absolute atomic E-state index is 0.122. The molecule has 4 nitrogen and oxygen atoms in total. The van der Waals surface area contributed by atoms with Crippen molar-refractivity contribution >= 4 is 11.9 Å². The predicted molar refractivity (Wildman–Crippen MR) is 109 cm³/mol. The molecule has 0 N–H and O–H groups in total. The van der Waals surface area contributed by atoms with Crippen molar-refractivity contribution in [3.05, 3.63) is 84.5 Å². The summed E-state index contributed by atoms with van der Waals surface area (Å²) in [7, 11) is 3.19. The third-order valence-corrected chi connectivity index (χ3v) is 3.93. The van der Waals surface area contributed by atoms with Gasteiger partial charge in [-0.2, -0.15) is 0 Å². The van der Waals surface area contributed by atoms with Gasteiger partial charge in [0.25, 0.3) is 0 Å². The van der Waals surface area contributed by atoms with Gasteiger partial charge in [0.1, 0.15) is 23.9 Å². The van der Waals surface area contributed by atoms with Crippen LogP contribution in [0.15, 0.2) is 67.8 Å². The molecule has 0 atom stereocenters. The van der Waals surface area contributed by atoms with Crippen LogP contribution in [0.2, 0.25) is 0 Å². The van der Waals surface area contributed by atoms with Crippen molar-refractivity contribution in [1.82, 2.24) is 0 Å². The first-order valence-electron chi connectivity index (χ1n) is 8.55. The third-order valence-electron chi connectivity index (χ3n) is 3.93. The summed E-state index contributed by atoms with van der Waals surface area (Å²) in [6.07, 6.45) is 7.36. The van der Waals surface area contributed by atoms with E-state index in [0.717, 1.165) is 11.1 Å². The van der Waals surface area contributed by atoms with Crippen molar-refractivity contribution in [3.8, 4) is 17.2 Å². The summed E-state index contributed by atoms with van der Waals surface area (Å²) in [5.41, 5.74) is 2.26. The number of hydrogen-bond acceptors (Lipinski definition) is 4. The van der Waals surface area contributed by atoms with E-state index in [1.807, 2.05) is 12.1 Å². The molecule has 2 aromatic carbocycles. The van der Waals surface area contributed by atoms with Gasteiger partial charge in [0.05, 0.1) is 19.8 Å². The van der Waals surface area contributed by atoms with Crippen LogP contribution in [-0.4, -0.2) is 26.6 Å². The van der Waals surface area contributed by atoms with E-state index in [1.165, 1.54) is 6.08 Å². The molecule has 0 aliphatic rings. The van der Waals surface area contributed by atoms with Crippen molar-refractivity contribution in [1.29, 1.82) is 0 Å². The second-order valence-electron chi connectivity index (χ2n) is 5.69. The smallest absolute Gasteiger partial charge is 0.185 e. The molecule has 0 aliphatic heterocycles. The first kappa shape index (κ1) is 20.0. The van der Waals surface area contributed by atoms with E-state index >= 15 is 0 Å². The van der Waals surface area contributed by atoms with Crippen molar-refractivity contribution in [2.45, 2.75) is 6.42 Å². The molecule has 2 rings (SSSR count). The highest BCUT2D eigenvalue weighted by Gasteiger charge is 2.13. The minimum atomic E-state index is -0.122. The van der Waals surface area contributed by atoms with Gasteiger partial charge >= 0.3 is 0 Å². The molecule has 0 aromatic heterocycles. The molecule has 0 saturated carbocycles. The highest BCUT2D eigenvalue weighted by molar-refractivity contribution is 6.07. The van der Waals surface area contributed by atoms with Gasteiger partial charge in [0, 0.05) is 5.56 Å². The zero-order valence-corrected chi connectivity index (χ0v) is 15.7. The number of ketones is 1. The molecule has 0 fully saturated rings. The third kappa shape index (κ3) is 5.11. The lowest BCUT2D eigenvalue weighted by Gasteiger charge is -2.14. The van der Waals surface area contributed by atoms with E-state index in [1.54, 1.807) is 56.7 Å². The lowest BCUT2D eigenvalue weighted by atomic mass is 10.0. The Bertz CT molecular complexity index is 832. The van der Waals surface area contributed by atoms with E-state index in [2.05, 4.69) is 13.2 Å². The van der Waals surface area contributed by atoms with Crippen LogP contribution in [0.4, 0.5) is 0 Å². The number of carbonyl (C=O) groups is 1. The quantitative estimate of drug-likeness (QED) is 0.342. The Morgan fingerprint density at radius 2 is 1.74 bits per heavy atom. The first-order valence-corrected chi connectivity index (χ1v) is 8.55. The molecule has 0 heterocycles. The topological polar surface area (TPSA) is 44.8 Å². The molecule has 0 saturated heterocycles. The zero-order chi connectivity index (χ0) is 19.6. The van der Waals surface area contributed by atoms with Crippen LogP contribution < -0.4 is 14.2 Å². The Balaban J connectivity index is 2.28. The summed E-state index contributed by atoms with van der Waals surface area (Å²) < 4.78 is 16.4. The molecule has 0 bridgehead atoms. The summed E-state index contributed by atoms with van der Waals surface area (Å²) in [4.78, 5) is 12.5. The summed E-state index contributed by atoms with van der Waals surface area (Å²) in [6, 6.07) is 10.8. The number of ether oxygens (including phenoxy) is 3. The van der Waals surface area contributed by atoms with Crippen molar-refractivity contribution in [2.75, 3.05) is 20.8 Å². The molecular weight excluding hydrogens is 340 g/mol. The standard InChI is InChI=1S/C23H24O4/c1-5-7-18-10-15-22(25-3)20(23(18)26-4)13-14-21(24)17-8-11-19(12-9-17)27-16-6-2/h5-6,8-15H,1-2,7,16H2,3-4H3/b14-13+. The van der Waals surface area contributed by atoms with Gasteiger partial charge in [-0.15, -0.1) is 6.58 Å². The number of hydrogen-bond donors (Lipinski definition) is 0. The van der Waals surface area contributed by atoms with Gasteiger partial charge < -0.3 is 14.2 Å². The summed E-state index contributed by atoms with van der Waals surface area (Å²) in [5.74, 6) is 1.88. The van der Waals surface area contributed by atoms with Crippen LogP contribution in [0, 0.1) is 0 Å². The van der Waals surface area contributed by atoms with Gasteiger partial charge in [-0.05, 0) is 54.5 Å². The fraction of sp³-hybridized carbons (Fsp3) is 0.174. The maximum Gasteiger partial charge on any atom is 0.185 e. The number of rotatable bonds is 10. The molecule has 2 aromatic rings. The van der Waals surface area contributed by atoms with Crippen LogP contribution in [0.25, 0.3) is 6.08 Å². The van der Waals surface area contributed by atoms with E-state index in [4.69, 9.17) is 14.2 Å². The summed E-state index contributed by atoms with van der Waals surface area (Å²) in [6.45, 7) is 7.80. The van der Waals surface area contributed by atoms with E-state index in [9.17, 15) is 4.79 Å². The predicted octanol–water partition coefficient (Wildman–Crippen LogP) is 4.89. The van der Waals surface area contributed by atoms with E-state index in [-0.39, 0.29) is 5.78 Å². The summed E-state index contributed by atoms with van der Waals surface area (Å²) in [5, 5.41) is 0. The minimum Gasteiger partial charge on any atom is -0.496 e. The van der Waals surface area contributed by atoms with Gasteiger partial charge in [-0.1, -0.05) is 24.8 Å². The van der Waals surface area contributed by atoms with Crippen LogP contribution in [0.1, 0.15) is 21.5 Å². The van der Waals surface area contributed by atoms with Gasteiger partial charge in [0.15, 0.2) is 5.78 Å². The van der Waals surface area contributed by atoms with Crippen molar-refractivity contribution in [3.63, 3.8) is 0 Å². The highest BCUT2D eigenvalue weighted by Crippen LogP contribution is 2.34. The average molecular weight is 364 g/mol. The Morgan fingerprint density at radius 3 is 2.33 bits per heavy atom. The first-order chi connectivity index (χ1) is 13.1. The largest absolute Gasteiger partial charge is 0.496 e. The second-order valence-corrected chi connectivity index (χ2v) is 5.69. The molecule has 0 aliphatic carbocycles. The Hall–Kier alpha value is -3.27. The SMILES string of the molecule is C=CCOc1ccc(C(=O)/C=C/c2c(OC)ccc(CC=C)c2OC)cc1. The number of methoxy groups -OCH3 is 2. The maximum atomic E-state index is 12.5. The second kappa shape index (κ2) is 10.0. The molecule has 0 spiro atoms. The molecule has 4 heteroatoms. The molecule has 140 valence electrons. The summed E-state index contributed by atoms with van der Waals surface area (Å²) >= 11 is 0. The molecule has 27 heavy (non-hydrogen) atoms. The van der Waals surface area contributed by atoms with Gasteiger partial charge in [-0.25, -0.2) is 0 Å². The van der Waals surface area contributed by atoms with Crippen LogP contribution >= 0.6 is 0 Å². The van der Waals surface area contributed by atoms with Crippen LogP contribution in [0.3, 0.4) is 0 Å². The molecule has 0 amide bonds. The number of allylic oxidation sites excluding steroid dienone is 2. The highest BCUT2D eigenvalue weighted by atomic mass is 16.5. The van der Waals surface area contributed by atoms with Crippen LogP contribution in [-0.2, 0) is 6.42 Å². The Kier molecular flexibility index (Phi) is 7.44.